The highest BCUT2D eigenvalue weighted by atomic mass is 32.2. The SMILES string of the molecule is COCC(O)CCNC(=O)CCSc1ccc(F)c(F)c1. The van der Waals surface area contributed by atoms with Gasteiger partial charge in [0.1, 0.15) is 0 Å². The normalized spacial score (nSPS) is 12.2. The zero-order chi connectivity index (χ0) is 15.7. The van der Waals surface area contributed by atoms with Gasteiger partial charge in [-0.2, -0.15) is 0 Å². The summed E-state index contributed by atoms with van der Waals surface area (Å²) in [7, 11) is 1.50. The van der Waals surface area contributed by atoms with Gasteiger partial charge in [0, 0.05) is 30.7 Å². The van der Waals surface area contributed by atoms with Crippen LogP contribution in [0.3, 0.4) is 0 Å². The highest BCUT2D eigenvalue weighted by molar-refractivity contribution is 7.99. The van der Waals surface area contributed by atoms with E-state index in [1.54, 1.807) is 0 Å². The first-order valence-electron chi connectivity index (χ1n) is 6.54. The number of carbonyl (C=O) groups is 1. The van der Waals surface area contributed by atoms with Crippen molar-refractivity contribution < 1.29 is 23.4 Å². The third-order valence-corrected chi connectivity index (χ3v) is 3.64. The molecule has 1 rings (SSSR count). The van der Waals surface area contributed by atoms with E-state index >= 15 is 0 Å². The summed E-state index contributed by atoms with van der Waals surface area (Å²) < 4.78 is 30.5. The van der Waals surface area contributed by atoms with E-state index < -0.39 is 17.7 Å². The Morgan fingerprint density at radius 2 is 2.19 bits per heavy atom. The number of benzene rings is 1. The molecule has 0 bridgehead atoms. The number of nitrogens with one attached hydrogen (secondary N) is 1. The Kier molecular flexibility index (Phi) is 8.26. The number of ether oxygens (including phenoxy) is 1. The maximum atomic E-state index is 13.0. The third-order valence-electron chi connectivity index (χ3n) is 2.65. The number of hydrogen-bond acceptors (Lipinski definition) is 4. The molecule has 118 valence electrons. The second-order valence-electron chi connectivity index (χ2n) is 4.42. The summed E-state index contributed by atoms with van der Waals surface area (Å²) in [5, 5.41) is 12.1. The van der Waals surface area contributed by atoms with Crippen LogP contribution < -0.4 is 5.32 Å². The van der Waals surface area contributed by atoms with Crippen molar-refractivity contribution in [2.45, 2.75) is 23.8 Å². The molecule has 0 aliphatic carbocycles. The Morgan fingerprint density at radius 1 is 1.43 bits per heavy atom. The monoisotopic (exact) mass is 319 g/mol. The quantitative estimate of drug-likeness (QED) is 0.683. The van der Waals surface area contributed by atoms with Gasteiger partial charge in [-0.05, 0) is 24.6 Å². The van der Waals surface area contributed by atoms with Gasteiger partial charge < -0.3 is 15.2 Å². The van der Waals surface area contributed by atoms with Crippen LogP contribution in [0.1, 0.15) is 12.8 Å². The van der Waals surface area contributed by atoms with Gasteiger partial charge in [0.15, 0.2) is 11.6 Å². The second kappa shape index (κ2) is 9.70. The molecule has 0 spiro atoms. The Morgan fingerprint density at radius 3 is 2.86 bits per heavy atom. The summed E-state index contributed by atoms with van der Waals surface area (Å²) in [5.74, 6) is -1.45. The minimum absolute atomic E-state index is 0.144. The first-order chi connectivity index (χ1) is 10.0. The van der Waals surface area contributed by atoms with Gasteiger partial charge in [0.25, 0.3) is 0 Å². The Bertz CT molecular complexity index is 460. The molecule has 1 unspecified atom stereocenters. The van der Waals surface area contributed by atoms with Gasteiger partial charge in [-0.3, -0.25) is 4.79 Å². The zero-order valence-corrected chi connectivity index (χ0v) is 12.6. The summed E-state index contributed by atoms with van der Waals surface area (Å²) >= 11 is 1.28. The minimum Gasteiger partial charge on any atom is -0.391 e. The van der Waals surface area contributed by atoms with E-state index in [0.29, 0.717) is 23.6 Å². The lowest BCUT2D eigenvalue weighted by molar-refractivity contribution is -0.120. The van der Waals surface area contributed by atoms with Gasteiger partial charge >= 0.3 is 0 Å². The maximum absolute atomic E-state index is 13.0. The molecule has 0 aliphatic heterocycles. The van der Waals surface area contributed by atoms with Crippen molar-refractivity contribution in [1.29, 1.82) is 0 Å². The minimum atomic E-state index is -0.892. The highest BCUT2D eigenvalue weighted by Crippen LogP contribution is 2.20. The summed E-state index contributed by atoms with van der Waals surface area (Å²) in [6.45, 7) is 0.612. The molecule has 21 heavy (non-hydrogen) atoms. The van der Waals surface area contributed by atoms with E-state index in [1.165, 1.54) is 24.9 Å². The van der Waals surface area contributed by atoms with E-state index in [2.05, 4.69) is 5.32 Å². The molecule has 4 nitrogen and oxygen atoms in total. The average molecular weight is 319 g/mol. The Hall–Kier alpha value is -1.18. The van der Waals surface area contributed by atoms with Gasteiger partial charge in [0.05, 0.1) is 12.7 Å². The summed E-state index contributed by atoms with van der Waals surface area (Å²) in [6.07, 6.45) is 0.104. The number of amides is 1. The fourth-order valence-corrected chi connectivity index (χ4v) is 2.44. The topological polar surface area (TPSA) is 58.6 Å². The molecule has 0 aliphatic rings. The van der Waals surface area contributed by atoms with Crippen molar-refractivity contribution in [2.75, 3.05) is 26.0 Å². The third kappa shape index (κ3) is 7.40. The van der Waals surface area contributed by atoms with E-state index in [0.717, 1.165) is 12.1 Å². The molecule has 0 radical (unpaired) electrons. The van der Waals surface area contributed by atoms with Crippen LogP contribution in [0.2, 0.25) is 0 Å². The lowest BCUT2D eigenvalue weighted by atomic mass is 10.2. The van der Waals surface area contributed by atoms with Crippen molar-refractivity contribution in [3.63, 3.8) is 0 Å². The van der Waals surface area contributed by atoms with Crippen LogP contribution in [-0.4, -0.2) is 43.1 Å². The summed E-state index contributed by atoms with van der Waals surface area (Å²) in [4.78, 5) is 12.1. The number of methoxy groups -OCH3 is 1. The fourth-order valence-electron chi connectivity index (χ4n) is 1.57. The molecule has 7 heteroatoms. The number of halogens is 2. The number of aliphatic hydroxyl groups excluding tert-OH is 1. The number of thioether (sulfide) groups is 1. The molecular weight excluding hydrogens is 300 g/mol. The predicted molar refractivity (Wildman–Crippen MR) is 77.2 cm³/mol. The van der Waals surface area contributed by atoms with Crippen molar-refractivity contribution in [3.05, 3.63) is 29.8 Å². The van der Waals surface area contributed by atoms with Gasteiger partial charge in [-0.1, -0.05) is 0 Å². The van der Waals surface area contributed by atoms with Gasteiger partial charge in [-0.25, -0.2) is 8.78 Å². The molecule has 0 heterocycles. The summed E-state index contributed by atoms with van der Waals surface area (Å²) in [5.41, 5.74) is 0. The van der Waals surface area contributed by atoms with Crippen molar-refractivity contribution in [1.82, 2.24) is 5.32 Å². The second-order valence-corrected chi connectivity index (χ2v) is 5.59. The molecule has 1 amide bonds. The molecule has 0 saturated carbocycles. The molecule has 0 aromatic heterocycles. The number of carbonyl (C=O) groups excluding carboxylic acids is 1. The van der Waals surface area contributed by atoms with Crippen LogP contribution in [0.4, 0.5) is 8.78 Å². The van der Waals surface area contributed by atoms with Crippen molar-refractivity contribution in [2.24, 2.45) is 0 Å². The number of aliphatic hydroxyl groups is 1. The van der Waals surface area contributed by atoms with E-state index in [9.17, 15) is 18.7 Å². The molecular formula is C14H19F2NO3S. The van der Waals surface area contributed by atoms with Gasteiger partial charge in [0.2, 0.25) is 5.91 Å². The van der Waals surface area contributed by atoms with Crippen LogP contribution in [0.15, 0.2) is 23.1 Å². The number of hydrogen-bond donors (Lipinski definition) is 2. The molecule has 0 saturated heterocycles. The predicted octanol–water partition coefficient (Wildman–Crippen LogP) is 1.96. The fraction of sp³-hybridized carbons (Fsp3) is 0.500. The van der Waals surface area contributed by atoms with Crippen LogP contribution in [0.5, 0.6) is 0 Å². The smallest absolute Gasteiger partial charge is 0.220 e. The van der Waals surface area contributed by atoms with Crippen LogP contribution in [0, 0.1) is 11.6 Å². The van der Waals surface area contributed by atoms with Crippen molar-refractivity contribution >= 4 is 17.7 Å². The maximum Gasteiger partial charge on any atom is 0.220 e. The van der Waals surface area contributed by atoms with Gasteiger partial charge in [-0.15, -0.1) is 11.8 Å². The molecule has 2 N–H and O–H groups in total. The van der Waals surface area contributed by atoms with E-state index in [-0.39, 0.29) is 18.9 Å². The average Bonchev–Trinajstić information content (AvgIpc) is 2.43. The summed E-state index contributed by atoms with van der Waals surface area (Å²) in [6, 6.07) is 3.65. The highest BCUT2D eigenvalue weighted by Gasteiger charge is 2.07. The largest absolute Gasteiger partial charge is 0.391 e. The van der Waals surface area contributed by atoms with Crippen LogP contribution >= 0.6 is 11.8 Å². The molecule has 1 aromatic carbocycles. The first-order valence-corrected chi connectivity index (χ1v) is 7.53. The first kappa shape index (κ1) is 17.9. The standard InChI is InChI=1S/C14H19F2NO3S/c1-20-9-10(18)4-6-17-14(19)5-7-21-11-2-3-12(15)13(16)8-11/h2-3,8,10,18H,4-7,9H2,1H3,(H,17,19). The number of rotatable bonds is 9. The Balaban J connectivity index is 2.17. The molecule has 0 fully saturated rings. The zero-order valence-electron chi connectivity index (χ0n) is 11.8. The lowest BCUT2D eigenvalue weighted by Gasteiger charge is -2.10. The van der Waals surface area contributed by atoms with Crippen LogP contribution in [0.25, 0.3) is 0 Å². The lowest BCUT2D eigenvalue weighted by Crippen LogP contribution is -2.28. The Labute approximate surface area is 126 Å². The van der Waals surface area contributed by atoms with E-state index in [1.807, 2.05) is 0 Å². The van der Waals surface area contributed by atoms with Crippen LogP contribution in [-0.2, 0) is 9.53 Å². The molecule has 1 aromatic rings. The van der Waals surface area contributed by atoms with Crippen molar-refractivity contribution in [3.8, 4) is 0 Å². The molecule has 1 atom stereocenters. The van der Waals surface area contributed by atoms with E-state index in [4.69, 9.17) is 4.74 Å².